The summed E-state index contributed by atoms with van der Waals surface area (Å²) in [5.74, 6) is 0.263. The Bertz CT molecular complexity index is 1330. The van der Waals surface area contributed by atoms with Crippen LogP contribution < -0.4 is 4.74 Å². The molecule has 0 bridgehead atoms. The van der Waals surface area contributed by atoms with Gasteiger partial charge in [-0.1, -0.05) is 48.0 Å². The van der Waals surface area contributed by atoms with Crippen molar-refractivity contribution in [2.24, 2.45) is 0 Å². The monoisotopic (exact) mass is 561 g/mol. The average molecular weight is 562 g/mol. The van der Waals surface area contributed by atoms with Crippen molar-refractivity contribution in [3.05, 3.63) is 88.0 Å². The number of H-pyrrole nitrogens is 1. The molecule has 0 fully saturated rings. The number of carbonyl (C=O) groups is 1. The Morgan fingerprint density at radius 1 is 1.06 bits per heavy atom. The molecule has 0 radical (unpaired) electrons. The summed E-state index contributed by atoms with van der Waals surface area (Å²) < 4.78 is 49.1. The molecule has 1 N–H and O–H groups in total. The van der Waals surface area contributed by atoms with Gasteiger partial charge in [0.15, 0.2) is 5.69 Å². The third-order valence-corrected chi connectivity index (χ3v) is 4.93. The first-order valence-corrected chi connectivity index (χ1v) is 11.7. The van der Waals surface area contributed by atoms with Gasteiger partial charge in [0.2, 0.25) is 0 Å². The number of aromatic amines is 1. The Labute approximate surface area is 214 Å². The summed E-state index contributed by atoms with van der Waals surface area (Å²) in [6, 6.07) is 18.9. The molecule has 0 aliphatic rings. The van der Waals surface area contributed by atoms with Crippen molar-refractivity contribution in [2.45, 2.75) is 26.9 Å². The van der Waals surface area contributed by atoms with E-state index in [1.807, 2.05) is 38.1 Å². The van der Waals surface area contributed by atoms with Gasteiger partial charge in [0.25, 0.3) is 0 Å². The summed E-state index contributed by atoms with van der Waals surface area (Å²) >= 11 is 3.26. The lowest BCUT2D eigenvalue weighted by atomic mass is 10.1. The zero-order valence-corrected chi connectivity index (χ0v) is 21.3. The second kappa shape index (κ2) is 13.3. The molecule has 0 saturated heterocycles. The molecular weight excluding hydrogens is 539 g/mol. The van der Waals surface area contributed by atoms with E-state index in [2.05, 4.69) is 26.1 Å². The molecule has 0 amide bonds. The lowest BCUT2D eigenvalue weighted by Crippen LogP contribution is -2.07. The average Bonchev–Trinajstić information content (AvgIpc) is 3.31. The van der Waals surface area contributed by atoms with E-state index in [0.29, 0.717) is 18.1 Å². The summed E-state index contributed by atoms with van der Waals surface area (Å²) in [7, 11) is 0. The fourth-order valence-corrected chi connectivity index (χ4v) is 3.15. The van der Waals surface area contributed by atoms with Gasteiger partial charge in [-0.05, 0) is 55.5 Å². The van der Waals surface area contributed by atoms with Crippen LogP contribution in [0.2, 0.25) is 0 Å². The number of benzene rings is 3. The molecule has 0 unspecified atom stereocenters. The van der Waals surface area contributed by atoms with Gasteiger partial charge in [0, 0.05) is 9.86 Å². The standard InChI is InChI=1S/C14H7BrF3NO.C10H10N2O2.C2H6/c15-10-1-3-11(4-2-10)20-12-5-6-13(14(16,17)18)9(7-12)8-19;1-2-14-10(13)9-7-5-3-4-6-8(7)11-12-9;1-2/h1-7H;3-6H,2H2,1H3,(H,11,12);1-2H3. The number of aromatic nitrogens is 2. The van der Waals surface area contributed by atoms with E-state index in [-0.39, 0.29) is 11.7 Å². The molecule has 0 saturated carbocycles. The molecule has 0 spiro atoms. The third-order valence-electron chi connectivity index (χ3n) is 4.41. The van der Waals surface area contributed by atoms with Crippen molar-refractivity contribution in [3.63, 3.8) is 0 Å². The molecule has 1 heterocycles. The van der Waals surface area contributed by atoms with Crippen molar-refractivity contribution in [3.8, 4) is 17.6 Å². The zero-order valence-electron chi connectivity index (χ0n) is 19.7. The number of nitriles is 1. The molecule has 188 valence electrons. The predicted octanol–water partition coefficient (Wildman–Crippen LogP) is 7.90. The number of hydrogen-bond acceptors (Lipinski definition) is 5. The minimum absolute atomic E-state index is 0.178. The second-order valence-electron chi connectivity index (χ2n) is 6.71. The van der Waals surface area contributed by atoms with Crippen LogP contribution in [0.4, 0.5) is 13.2 Å². The van der Waals surface area contributed by atoms with Gasteiger partial charge in [-0.15, -0.1) is 0 Å². The van der Waals surface area contributed by atoms with Gasteiger partial charge in [-0.3, -0.25) is 5.10 Å². The van der Waals surface area contributed by atoms with Crippen molar-refractivity contribution in [2.75, 3.05) is 6.61 Å². The number of para-hydroxylation sites is 1. The Balaban J connectivity index is 0.000000250. The SMILES string of the molecule is CC.CCOC(=O)c1n[nH]c2ccccc12.N#Cc1cc(Oc2ccc(Br)cc2)ccc1C(F)(F)F. The molecule has 0 atom stereocenters. The Kier molecular flexibility index (Phi) is 10.5. The largest absolute Gasteiger partial charge is 0.461 e. The number of ether oxygens (including phenoxy) is 2. The van der Waals surface area contributed by atoms with E-state index in [9.17, 15) is 18.0 Å². The van der Waals surface area contributed by atoms with Gasteiger partial charge in [0.1, 0.15) is 11.5 Å². The summed E-state index contributed by atoms with van der Waals surface area (Å²) in [6.07, 6.45) is -4.55. The molecule has 6 nitrogen and oxygen atoms in total. The van der Waals surface area contributed by atoms with Crippen LogP contribution in [0.1, 0.15) is 42.4 Å². The molecular formula is C26H23BrF3N3O3. The zero-order chi connectivity index (χ0) is 26.7. The normalized spacial score (nSPS) is 10.3. The first-order valence-electron chi connectivity index (χ1n) is 10.9. The topological polar surface area (TPSA) is 88.0 Å². The van der Waals surface area contributed by atoms with Crippen molar-refractivity contribution >= 4 is 32.8 Å². The number of nitrogens with zero attached hydrogens (tertiary/aromatic N) is 2. The van der Waals surface area contributed by atoms with Crippen LogP contribution in [-0.4, -0.2) is 22.8 Å². The number of fused-ring (bicyclic) bond motifs is 1. The van der Waals surface area contributed by atoms with Crippen LogP contribution in [0.25, 0.3) is 10.9 Å². The first kappa shape index (κ1) is 28.4. The van der Waals surface area contributed by atoms with Crippen LogP contribution in [-0.2, 0) is 10.9 Å². The van der Waals surface area contributed by atoms with Gasteiger partial charge in [-0.25, -0.2) is 4.79 Å². The van der Waals surface area contributed by atoms with E-state index in [1.54, 1.807) is 31.2 Å². The van der Waals surface area contributed by atoms with Crippen LogP contribution in [0, 0.1) is 11.3 Å². The number of hydrogen-bond donors (Lipinski definition) is 1. The summed E-state index contributed by atoms with van der Waals surface area (Å²) in [5.41, 5.74) is -0.242. The molecule has 3 aromatic carbocycles. The molecule has 4 rings (SSSR count). The van der Waals surface area contributed by atoms with Crippen LogP contribution in [0.5, 0.6) is 11.5 Å². The second-order valence-corrected chi connectivity index (χ2v) is 7.63. The van der Waals surface area contributed by atoms with Gasteiger partial charge < -0.3 is 9.47 Å². The predicted molar refractivity (Wildman–Crippen MR) is 134 cm³/mol. The highest BCUT2D eigenvalue weighted by molar-refractivity contribution is 9.10. The number of halogens is 4. The number of carbonyl (C=O) groups excluding carboxylic acids is 1. The lowest BCUT2D eigenvalue weighted by Gasteiger charge is -2.11. The Morgan fingerprint density at radius 2 is 1.69 bits per heavy atom. The van der Waals surface area contributed by atoms with Gasteiger partial charge in [0.05, 0.1) is 29.3 Å². The fourth-order valence-electron chi connectivity index (χ4n) is 2.88. The molecule has 4 aromatic rings. The quantitative estimate of drug-likeness (QED) is 0.256. The van der Waals surface area contributed by atoms with Gasteiger partial charge in [-0.2, -0.15) is 23.5 Å². The minimum atomic E-state index is -4.55. The maximum absolute atomic E-state index is 12.6. The fraction of sp³-hybridized carbons (Fsp3) is 0.192. The van der Waals surface area contributed by atoms with Crippen LogP contribution in [0.15, 0.2) is 71.2 Å². The summed E-state index contributed by atoms with van der Waals surface area (Å²) in [5, 5.41) is 16.3. The highest BCUT2D eigenvalue weighted by Gasteiger charge is 2.33. The van der Waals surface area contributed by atoms with E-state index in [4.69, 9.17) is 14.7 Å². The number of nitrogens with one attached hydrogen (secondary N) is 1. The molecule has 0 aliphatic carbocycles. The molecule has 10 heteroatoms. The molecule has 36 heavy (non-hydrogen) atoms. The molecule has 0 aliphatic heterocycles. The summed E-state index contributed by atoms with van der Waals surface area (Å²) in [6.45, 7) is 6.13. The highest BCUT2D eigenvalue weighted by atomic mass is 79.9. The van der Waals surface area contributed by atoms with Crippen molar-refractivity contribution < 1.29 is 27.4 Å². The van der Waals surface area contributed by atoms with Crippen molar-refractivity contribution in [1.29, 1.82) is 5.26 Å². The van der Waals surface area contributed by atoms with Gasteiger partial charge >= 0.3 is 12.1 Å². The first-order chi connectivity index (χ1) is 17.2. The van der Waals surface area contributed by atoms with Crippen LogP contribution in [0.3, 0.4) is 0 Å². The lowest BCUT2D eigenvalue weighted by molar-refractivity contribution is -0.137. The maximum Gasteiger partial charge on any atom is 0.417 e. The maximum atomic E-state index is 12.6. The van der Waals surface area contributed by atoms with E-state index < -0.39 is 17.3 Å². The van der Waals surface area contributed by atoms with E-state index in [1.165, 1.54) is 12.1 Å². The number of rotatable bonds is 4. The Morgan fingerprint density at radius 3 is 2.31 bits per heavy atom. The van der Waals surface area contributed by atoms with Crippen molar-refractivity contribution in [1.82, 2.24) is 10.2 Å². The number of alkyl halides is 3. The van der Waals surface area contributed by atoms with E-state index >= 15 is 0 Å². The number of esters is 1. The Hall–Kier alpha value is -3.84. The minimum Gasteiger partial charge on any atom is -0.461 e. The smallest absolute Gasteiger partial charge is 0.417 e. The van der Waals surface area contributed by atoms with E-state index in [0.717, 1.165) is 27.5 Å². The van der Waals surface area contributed by atoms with Crippen LogP contribution >= 0.6 is 15.9 Å². The third kappa shape index (κ3) is 7.58. The summed E-state index contributed by atoms with van der Waals surface area (Å²) in [4.78, 5) is 11.4. The molecule has 1 aromatic heterocycles. The highest BCUT2D eigenvalue weighted by Crippen LogP contribution is 2.34.